The Hall–Kier alpha value is -2.07. The number of nitrogens with one attached hydrogen (secondary N) is 2. The second kappa shape index (κ2) is 9.28. The van der Waals surface area contributed by atoms with Gasteiger partial charge in [-0.2, -0.15) is 0 Å². The molecular formula is C20H26N2OS. The third-order valence-corrected chi connectivity index (χ3v) is 3.75. The highest BCUT2D eigenvalue weighted by Gasteiger charge is 2.01. The Morgan fingerprint density at radius 2 is 1.88 bits per heavy atom. The van der Waals surface area contributed by atoms with Crippen LogP contribution in [0, 0.1) is 6.92 Å². The summed E-state index contributed by atoms with van der Waals surface area (Å²) in [6, 6.07) is 16.5. The van der Waals surface area contributed by atoms with E-state index in [2.05, 4.69) is 41.8 Å². The minimum absolute atomic E-state index is 0.201. The van der Waals surface area contributed by atoms with Gasteiger partial charge in [0.15, 0.2) is 5.11 Å². The molecule has 2 aromatic carbocycles. The highest BCUT2D eigenvalue weighted by atomic mass is 32.1. The van der Waals surface area contributed by atoms with Crippen LogP contribution in [0.15, 0.2) is 48.5 Å². The van der Waals surface area contributed by atoms with E-state index >= 15 is 0 Å². The number of hydrogen-bond donors (Lipinski definition) is 2. The van der Waals surface area contributed by atoms with E-state index in [1.54, 1.807) is 0 Å². The van der Waals surface area contributed by atoms with Crippen LogP contribution < -0.4 is 15.4 Å². The molecule has 24 heavy (non-hydrogen) atoms. The van der Waals surface area contributed by atoms with Gasteiger partial charge in [0.1, 0.15) is 5.75 Å². The smallest absolute Gasteiger partial charge is 0.170 e. The van der Waals surface area contributed by atoms with E-state index in [1.165, 1.54) is 11.1 Å². The molecule has 2 N–H and O–H groups in total. The first-order valence-electron chi connectivity index (χ1n) is 8.40. The quantitative estimate of drug-likeness (QED) is 0.564. The Kier molecular flexibility index (Phi) is 7.07. The number of anilines is 1. The molecule has 0 radical (unpaired) electrons. The summed E-state index contributed by atoms with van der Waals surface area (Å²) in [6.07, 6.45) is 2.21. The van der Waals surface area contributed by atoms with Crippen molar-refractivity contribution in [2.75, 3.05) is 11.9 Å². The Morgan fingerprint density at radius 1 is 1.12 bits per heavy atom. The number of aryl methyl sites for hydroxylation is 2. The van der Waals surface area contributed by atoms with Gasteiger partial charge in [0.05, 0.1) is 6.10 Å². The Labute approximate surface area is 150 Å². The lowest BCUT2D eigenvalue weighted by molar-refractivity contribution is 0.242. The average Bonchev–Trinajstić information content (AvgIpc) is 2.53. The molecule has 2 rings (SSSR count). The Morgan fingerprint density at radius 3 is 2.58 bits per heavy atom. The van der Waals surface area contributed by atoms with E-state index in [0.29, 0.717) is 5.11 Å². The lowest BCUT2D eigenvalue weighted by Gasteiger charge is -2.12. The molecule has 0 heterocycles. The van der Waals surface area contributed by atoms with Gasteiger partial charge in [0, 0.05) is 12.2 Å². The van der Waals surface area contributed by atoms with Gasteiger partial charge in [-0.25, -0.2) is 0 Å². The van der Waals surface area contributed by atoms with Crippen molar-refractivity contribution in [3.63, 3.8) is 0 Å². The van der Waals surface area contributed by atoms with Crippen molar-refractivity contribution in [3.05, 3.63) is 59.7 Å². The van der Waals surface area contributed by atoms with Crippen LogP contribution in [0.3, 0.4) is 0 Å². The predicted octanol–water partition coefficient (Wildman–Crippen LogP) is 4.70. The molecule has 4 heteroatoms. The van der Waals surface area contributed by atoms with Crippen molar-refractivity contribution in [1.82, 2.24) is 5.32 Å². The zero-order valence-electron chi connectivity index (χ0n) is 14.6. The molecular weight excluding hydrogens is 316 g/mol. The van der Waals surface area contributed by atoms with Gasteiger partial charge in [-0.3, -0.25) is 0 Å². The summed E-state index contributed by atoms with van der Waals surface area (Å²) in [4.78, 5) is 0. The molecule has 0 bridgehead atoms. The molecule has 0 unspecified atom stereocenters. The highest BCUT2D eigenvalue weighted by Crippen LogP contribution is 2.16. The van der Waals surface area contributed by atoms with Crippen molar-refractivity contribution in [2.24, 2.45) is 0 Å². The molecule has 0 spiro atoms. The molecule has 2 aromatic rings. The molecule has 0 aliphatic heterocycles. The van der Waals surface area contributed by atoms with Crippen LogP contribution in [-0.4, -0.2) is 17.8 Å². The fourth-order valence-electron chi connectivity index (χ4n) is 2.35. The molecule has 0 saturated carbocycles. The molecule has 0 aliphatic rings. The van der Waals surface area contributed by atoms with E-state index in [4.69, 9.17) is 17.0 Å². The maximum Gasteiger partial charge on any atom is 0.170 e. The number of thiocarbonyl (C=S) groups is 1. The summed E-state index contributed by atoms with van der Waals surface area (Å²) in [5.41, 5.74) is 3.53. The van der Waals surface area contributed by atoms with E-state index < -0.39 is 0 Å². The average molecular weight is 343 g/mol. The van der Waals surface area contributed by atoms with Gasteiger partial charge >= 0.3 is 0 Å². The largest absolute Gasteiger partial charge is 0.491 e. The first kappa shape index (κ1) is 18.3. The zero-order valence-corrected chi connectivity index (χ0v) is 15.5. The van der Waals surface area contributed by atoms with Gasteiger partial charge in [-0.1, -0.05) is 29.8 Å². The monoisotopic (exact) mass is 342 g/mol. The maximum absolute atomic E-state index is 5.73. The van der Waals surface area contributed by atoms with Crippen LogP contribution in [-0.2, 0) is 6.42 Å². The Balaban J connectivity index is 1.70. The van der Waals surface area contributed by atoms with Gasteiger partial charge in [0.25, 0.3) is 0 Å². The summed E-state index contributed by atoms with van der Waals surface area (Å²) in [6.45, 7) is 6.99. The first-order valence-corrected chi connectivity index (χ1v) is 8.81. The normalized spacial score (nSPS) is 10.5. The molecule has 128 valence electrons. The van der Waals surface area contributed by atoms with Crippen LogP contribution in [0.4, 0.5) is 5.69 Å². The van der Waals surface area contributed by atoms with Crippen LogP contribution in [0.1, 0.15) is 31.4 Å². The van der Waals surface area contributed by atoms with Crippen LogP contribution in [0.5, 0.6) is 5.75 Å². The van der Waals surface area contributed by atoms with Crippen molar-refractivity contribution in [1.29, 1.82) is 0 Å². The lowest BCUT2D eigenvalue weighted by atomic mass is 10.1. The number of benzene rings is 2. The molecule has 0 aromatic heterocycles. The van der Waals surface area contributed by atoms with Gasteiger partial charge in [-0.05, 0) is 75.7 Å². The van der Waals surface area contributed by atoms with E-state index in [1.807, 2.05) is 38.1 Å². The second-order valence-corrected chi connectivity index (χ2v) is 6.57. The number of ether oxygens (including phenoxy) is 1. The van der Waals surface area contributed by atoms with Crippen molar-refractivity contribution >= 4 is 23.0 Å². The van der Waals surface area contributed by atoms with Crippen molar-refractivity contribution in [3.8, 4) is 5.75 Å². The van der Waals surface area contributed by atoms with Crippen LogP contribution in [0.2, 0.25) is 0 Å². The minimum Gasteiger partial charge on any atom is -0.491 e. The molecule has 0 atom stereocenters. The van der Waals surface area contributed by atoms with E-state index in [9.17, 15) is 0 Å². The number of hydrogen-bond acceptors (Lipinski definition) is 2. The van der Waals surface area contributed by atoms with Crippen molar-refractivity contribution in [2.45, 2.75) is 39.7 Å². The topological polar surface area (TPSA) is 33.3 Å². The van der Waals surface area contributed by atoms with Gasteiger partial charge in [0.2, 0.25) is 0 Å². The third-order valence-electron chi connectivity index (χ3n) is 3.51. The highest BCUT2D eigenvalue weighted by molar-refractivity contribution is 7.80. The van der Waals surface area contributed by atoms with Crippen molar-refractivity contribution < 1.29 is 4.74 Å². The van der Waals surface area contributed by atoms with Gasteiger partial charge in [-0.15, -0.1) is 0 Å². The molecule has 3 nitrogen and oxygen atoms in total. The zero-order chi connectivity index (χ0) is 17.4. The van der Waals surface area contributed by atoms with E-state index in [-0.39, 0.29) is 6.10 Å². The third kappa shape index (κ3) is 6.59. The summed E-state index contributed by atoms with van der Waals surface area (Å²) >= 11 is 5.32. The number of rotatable bonds is 7. The molecule has 0 aliphatic carbocycles. The fourth-order valence-corrected chi connectivity index (χ4v) is 2.57. The van der Waals surface area contributed by atoms with Crippen LogP contribution in [0.25, 0.3) is 0 Å². The second-order valence-electron chi connectivity index (χ2n) is 6.16. The Bertz CT molecular complexity index is 653. The summed E-state index contributed by atoms with van der Waals surface area (Å²) in [7, 11) is 0. The predicted molar refractivity (Wildman–Crippen MR) is 106 cm³/mol. The van der Waals surface area contributed by atoms with Crippen LogP contribution >= 0.6 is 12.2 Å². The lowest BCUT2D eigenvalue weighted by Crippen LogP contribution is -2.29. The van der Waals surface area contributed by atoms with E-state index in [0.717, 1.165) is 30.8 Å². The molecule has 0 amide bonds. The summed E-state index contributed by atoms with van der Waals surface area (Å²) < 4.78 is 5.73. The summed E-state index contributed by atoms with van der Waals surface area (Å²) in [5, 5.41) is 7.11. The fraction of sp³-hybridized carbons (Fsp3) is 0.350. The first-order chi connectivity index (χ1) is 11.5. The standard InChI is InChI=1S/C20H26N2OS/c1-15(2)23-19-8-4-6-17(14-19)7-5-13-21-20(24)22-18-11-9-16(3)10-12-18/h4,6,8-12,14-15H,5,7,13H2,1-3H3,(H2,21,22,24). The molecule has 0 saturated heterocycles. The summed E-state index contributed by atoms with van der Waals surface area (Å²) in [5.74, 6) is 0.937. The SMILES string of the molecule is Cc1ccc(NC(=S)NCCCc2cccc(OC(C)C)c2)cc1. The maximum atomic E-state index is 5.73. The van der Waals surface area contributed by atoms with Gasteiger partial charge < -0.3 is 15.4 Å². The molecule has 0 fully saturated rings. The minimum atomic E-state index is 0.201.